The van der Waals surface area contributed by atoms with Gasteiger partial charge in [-0.25, -0.2) is 8.42 Å². The third kappa shape index (κ3) is 4.00. The van der Waals surface area contributed by atoms with Gasteiger partial charge in [0.15, 0.2) is 9.84 Å². The highest BCUT2D eigenvalue weighted by molar-refractivity contribution is 9.09. The smallest absolute Gasteiger partial charge is 0.177 e. The van der Waals surface area contributed by atoms with Crippen LogP contribution < -0.4 is 4.90 Å². The lowest BCUT2D eigenvalue weighted by molar-refractivity contribution is 0.601. The molecule has 0 heterocycles. The van der Waals surface area contributed by atoms with Crippen LogP contribution in [0.2, 0.25) is 0 Å². The van der Waals surface area contributed by atoms with Crippen LogP contribution in [0.5, 0.6) is 0 Å². The van der Waals surface area contributed by atoms with Gasteiger partial charge in [0.05, 0.1) is 10.6 Å². The standard InChI is InChI=1S/C12H18BrNO2S/c1-3-14(10-6-9-13)11-7-4-5-8-12(11)17(2,15)16/h4-5,7-8H,3,6,9-10H2,1-2H3. The van der Waals surface area contributed by atoms with E-state index in [1.165, 1.54) is 6.26 Å². The van der Waals surface area contributed by atoms with Gasteiger partial charge in [-0.3, -0.25) is 0 Å². The Morgan fingerprint density at radius 2 is 1.94 bits per heavy atom. The van der Waals surface area contributed by atoms with Gasteiger partial charge in [-0.1, -0.05) is 28.1 Å². The average molecular weight is 320 g/mol. The zero-order valence-corrected chi connectivity index (χ0v) is 12.6. The summed E-state index contributed by atoms with van der Waals surface area (Å²) in [5.74, 6) is 0. The molecule has 1 aromatic carbocycles. The number of nitrogens with zero attached hydrogens (tertiary/aromatic N) is 1. The van der Waals surface area contributed by atoms with E-state index in [1.807, 2.05) is 19.1 Å². The number of alkyl halides is 1. The van der Waals surface area contributed by atoms with Gasteiger partial charge in [-0.15, -0.1) is 0 Å². The predicted molar refractivity (Wildman–Crippen MR) is 75.8 cm³/mol. The summed E-state index contributed by atoms with van der Waals surface area (Å²) in [4.78, 5) is 2.51. The molecule has 0 amide bonds. The lowest BCUT2D eigenvalue weighted by Gasteiger charge is -2.24. The first-order chi connectivity index (χ1) is 8.00. The van der Waals surface area contributed by atoms with Crippen LogP contribution in [0.1, 0.15) is 13.3 Å². The molecule has 0 bridgehead atoms. The van der Waals surface area contributed by atoms with Gasteiger partial charge in [0, 0.05) is 24.7 Å². The second-order valence-electron chi connectivity index (χ2n) is 3.86. The second-order valence-corrected chi connectivity index (χ2v) is 6.64. The van der Waals surface area contributed by atoms with Crippen molar-refractivity contribution in [1.29, 1.82) is 0 Å². The molecule has 0 aliphatic heterocycles. The highest BCUT2D eigenvalue weighted by Gasteiger charge is 2.16. The van der Waals surface area contributed by atoms with Gasteiger partial charge >= 0.3 is 0 Å². The Balaban J connectivity index is 3.11. The van der Waals surface area contributed by atoms with E-state index >= 15 is 0 Å². The fourth-order valence-electron chi connectivity index (χ4n) is 1.73. The molecule has 0 saturated carbocycles. The predicted octanol–water partition coefficient (Wildman–Crippen LogP) is 2.70. The SMILES string of the molecule is CCN(CCCBr)c1ccccc1S(C)(=O)=O. The molecule has 0 aromatic heterocycles. The molecule has 0 saturated heterocycles. The number of para-hydroxylation sites is 1. The van der Waals surface area contributed by atoms with Gasteiger partial charge in [0.2, 0.25) is 0 Å². The van der Waals surface area contributed by atoms with Crippen molar-refractivity contribution in [3.63, 3.8) is 0 Å². The largest absolute Gasteiger partial charge is 0.371 e. The average Bonchev–Trinajstić information content (AvgIpc) is 2.29. The molecule has 17 heavy (non-hydrogen) atoms. The monoisotopic (exact) mass is 319 g/mol. The molecule has 0 aliphatic rings. The number of hydrogen-bond donors (Lipinski definition) is 0. The summed E-state index contributed by atoms with van der Waals surface area (Å²) < 4.78 is 23.4. The highest BCUT2D eigenvalue weighted by Crippen LogP contribution is 2.24. The van der Waals surface area contributed by atoms with Crippen molar-refractivity contribution in [1.82, 2.24) is 0 Å². The van der Waals surface area contributed by atoms with Gasteiger partial charge in [-0.2, -0.15) is 0 Å². The number of sulfone groups is 1. The lowest BCUT2D eigenvalue weighted by Crippen LogP contribution is -2.25. The Morgan fingerprint density at radius 3 is 2.47 bits per heavy atom. The lowest BCUT2D eigenvalue weighted by atomic mass is 10.2. The molecule has 96 valence electrons. The molecule has 3 nitrogen and oxygen atoms in total. The summed E-state index contributed by atoms with van der Waals surface area (Å²) in [7, 11) is -3.17. The molecular formula is C12H18BrNO2S. The zero-order valence-electron chi connectivity index (χ0n) is 10.2. The third-order valence-corrected chi connectivity index (χ3v) is 4.25. The van der Waals surface area contributed by atoms with Crippen LogP contribution in [0.25, 0.3) is 0 Å². The molecule has 0 fully saturated rings. The number of rotatable bonds is 6. The van der Waals surface area contributed by atoms with Crippen molar-refractivity contribution in [3.8, 4) is 0 Å². The van der Waals surface area contributed by atoms with Crippen molar-refractivity contribution in [2.75, 3.05) is 29.6 Å². The van der Waals surface area contributed by atoms with Gasteiger partial charge < -0.3 is 4.90 Å². The van der Waals surface area contributed by atoms with Crippen LogP contribution in [0, 0.1) is 0 Å². The number of hydrogen-bond acceptors (Lipinski definition) is 3. The van der Waals surface area contributed by atoms with Crippen LogP contribution in [0.4, 0.5) is 5.69 Å². The first-order valence-electron chi connectivity index (χ1n) is 5.60. The first kappa shape index (κ1) is 14.5. The van der Waals surface area contributed by atoms with E-state index in [0.29, 0.717) is 4.90 Å². The summed E-state index contributed by atoms with van der Waals surface area (Å²) in [6, 6.07) is 7.18. The van der Waals surface area contributed by atoms with Crippen LogP contribution in [-0.4, -0.2) is 33.1 Å². The van der Waals surface area contributed by atoms with Crippen LogP contribution in [0.15, 0.2) is 29.2 Å². The fraction of sp³-hybridized carbons (Fsp3) is 0.500. The minimum Gasteiger partial charge on any atom is -0.371 e. The third-order valence-electron chi connectivity index (χ3n) is 2.55. The summed E-state index contributed by atoms with van der Waals surface area (Å²) in [5.41, 5.74) is 0.804. The normalized spacial score (nSPS) is 11.5. The molecule has 0 radical (unpaired) electrons. The first-order valence-corrected chi connectivity index (χ1v) is 8.62. The molecule has 0 N–H and O–H groups in total. The van der Waals surface area contributed by atoms with E-state index in [1.54, 1.807) is 12.1 Å². The Bertz CT molecular complexity index is 459. The van der Waals surface area contributed by atoms with Crippen molar-refractivity contribution in [2.45, 2.75) is 18.2 Å². The minimum atomic E-state index is -3.17. The van der Waals surface area contributed by atoms with Crippen LogP contribution in [0.3, 0.4) is 0 Å². The second kappa shape index (κ2) is 6.40. The summed E-state index contributed by atoms with van der Waals surface area (Å²) >= 11 is 3.39. The molecule has 0 spiro atoms. The van der Waals surface area contributed by atoms with E-state index < -0.39 is 9.84 Å². The van der Waals surface area contributed by atoms with E-state index in [9.17, 15) is 8.42 Å². The topological polar surface area (TPSA) is 37.4 Å². The minimum absolute atomic E-state index is 0.413. The molecule has 5 heteroatoms. The maximum absolute atomic E-state index is 11.7. The van der Waals surface area contributed by atoms with Crippen molar-refractivity contribution in [2.24, 2.45) is 0 Å². The number of halogens is 1. The highest BCUT2D eigenvalue weighted by atomic mass is 79.9. The van der Waals surface area contributed by atoms with E-state index in [4.69, 9.17) is 0 Å². The van der Waals surface area contributed by atoms with Crippen LogP contribution >= 0.6 is 15.9 Å². The zero-order chi connectivity index (χ0) is 12.9. The quantitative estimate of drug-likeness (QED) is 0.756. The Morgan fingerprint density at radius 1 is 1.29 bits per heavy atom. The molecule has 0 unspecified atom stereocenters. The van der Waals surface area contributed by atoms with E-state index in [2.05, 4.69) is 20.8 Å². The summed E-state index contributed by atoms with van der Waals surface area (Å²) in [6.07, 6.45) is 2.25. The van der Waals surface area contributed by atoms with Crippen LogP contribution in [-0.2, 0) is 9.84 Å². The summed E-state index contributed by atoms with van der Waals surface area (Å²) in [6.45, 7) is 3.70. The van der Waals surface area contributed by atoms with E-state index in [0.717, 1.165) is 30.5 Å². The maximum Gasteiger partial charge on any atom is 0.177 e. The fourth-order valence-corrected chi connectivity index (χ4v) is 2.89. The Labute approximate surface area is 112 Å². The Kier molecular flexibility index (Phi) is 5.46. The van der Waals surface area contributed by atoms with Gasteiger partial charge in [0.25, 0.3) is 0 Å². The Hall–Kier alpha value is -0.550. The van der Waals surface area contributed by atoms with Gasteiger partial charge in [0.1, 0.15) is 0 Å². The molecular weight excluding hydrogens is 302 g/mol. The number of benzene rings is 1. The molecule has 1 rings (SSSR count). The molecule has 0 atom stereocenters. The molecule has 1 aromatic rings. The number of anilines is 1. The summed E-state index contributed by atoms with van der Waals surface area (Å²) in [5, 5.41) is 0.921. The maximum atomic E-state index is 11.7. The van der Waals surface area contributed by atoms with Crippen molar-refractivity contribution < 1.29 is 8.42 Å². The molecule has 0 aliphatic carbocycles. The van der Waals surface area contributed by atoms with E-state index in [-0.39, 0.29) is 0 Å². The van der Waals surface area contributed by atoms with Crippen molar-refractivity contribution >= 4 is 31.5 Å². The van der Waals surface area contributed by atoms with Gasteiger partial charge in [-0.05, 0) is 25.5 Å². The van der Waals surface area contributed by atoms with Crippen molar-refractivity contribution in [3.05, 3.63) is 24.3 Å².